The third kappa shape index (κ3) is 4.14. The van der Waals surface area contributed by atoms with E-state index >= 15 is 0 Å². The van der Waals surface area contributed by atoms with E-state index in [1.165, 1.54) is 38.0 Å². The normalized spacial score (nSPS) is 22.6. The lowest BCUT2D eigenvalue weighted by molar-refractivity contribution is 0.384. The Morgan fingerprint density at radius 1 is 1.57 bits per heavy atom. The van der Waals surface area contributed by atoms with Gasteiger partial charge in [0.1, 0.15) is 0 Å². The van der Waals surface area contributed by atoms with E-state index in [0.717, 1.165) is 18.9 Å². The molecular weight excluding hydrogens is 172 g/mol. The van der Waals surface area contributed by atoms with Crippen LogP contribution in [0.15, 0.2) is 12.3 Å². The van der Waals surface area contributed by atoms with Gasteiger partial charge in [0.15, 0.2) is 0 Å². The lowest BCUT2D eigenvalue weighted by Gasteiger charge is -2.11. The van der Waals surface area contributed by atoms with E-state index in [1.807, 2.05) is 0 Å². The number of hydrogen-bond donors (Lipinski definition) is 1. The van der Waals surface area contributed by atoms with Crippen molar-refractivity contribution in [2.75, 3.05) is 26.7 Å². The van der Waals surface area contributed by atoms with Crippen molar-refractivity contribution in [3.8, 4) is 0 Å². The Morgan fingerprint density at radius 2 is 2.36 bits per heavy atom. The molecule has 0 bridgehead atoms. The van der Waals surface area contributed by atoms with Gasteiger partial charge in [-0.1, -0.05) is 13.5 Å². The third-order valence-electron chi connectivity index (χ3n) is 3.08. The molecule has 0 spiro atoms. The van der Waals surface area contributed by atoms with Gasteiger partial charge in [-0.3, -0.25) is 0 Å². The van der Waals surface area contributed by atoms with E-state index < -0.39 is 0 Å². The molecule has 0 saturated carbocycles. The summed E-state index contributed by atoms with van der Waals surface area (Å²) in [6, 6.07) is 0. The lowest BCUT2D eigenvalue weighted by Crippen LogP contribution is -2.16. The monoisotopic (exact) mass is 196 g/mol. The van der Waals surface area contributed by atoms with Gasteiger partial charge in [0, 0.05) is 18.8 Å². The molecular formula is C12H24N2. The second-order valence-electron chi connectivity index (χ2n) is 4.44. The van der Waals surface area contributed by atoms with Gasteiger partial charge in [0.25, 0.3) is 0 Å². The zero-order chi connectivity index (χ0) is 10.4. The highest BCUT2D eigenvalue weighted by molar-refractivity contribution is 4.88. The molecule has 1 atom stereocenters. The fraction of sp³-hybridized carbons (Fsp3) is 0.833. The number of hydrogen-bond acceptors (Lipinski definition) is 2. The highest BCUT2D eigenvalue weighted by Gasteiger charge is 2.18. The van der Waals surface area contributed by atoms with Gasteiger partial charge in [0.05, 0.1) is 0 Å². The van der Waals surface area contributed by atoms with Crippen molar-refractivity contribution in [1.82, 2.24) is 10.2 Å². The summed E-state index contributed by atoms with van der Waals surface area (Å²) in [7, 11) is 2.22. The zero-order valence-corrected chi connectivity index (χ0v) is 9.68. The molecule has 1 heterocycles. The summed E-state index contributed by atoms with van der Waals surface area (Å²) in [5, 5.41) is 3.36. The molecule has 0 radical (unpaired) electrons. The number of allylic oxidation sites excluding steroid dienone is 1. The summed E-state index contributed by atoms with van der Waals surface area (Å²) in [5.41, 5.74) is 1.17. The predicted molar refractivity (Wildman–Crippen MR) is 62.3 cm³/mol. The summed E-state index contributed by atoms with van der Waals surface area (Å²) < 4.78 is 0. The van der Waals surface area contributed by atoms with Crippen molar-refractivity contribution in [2.24, 2.45) is 5.92 Å². The summed E-state index contributed by atoms with van der Waals surface area (Å²) in [6.07, 6.45) is 5.10. The molecule has 82 valence electrons. The van der Waals surface area contributed by atoms with Crippen LogP contribution in [0.2, 0.25) is 0 Å². The number of likely N-dealkylation sites (tertiary alicyclic amines) is 1. The Labute approximate surface area is 88.4 Å². The van der Waals surface area contributed by atoms with Crippen molar-refractivity contribution < 1.29 is 0 Å². The molecule has 1 aliphatic heterocycles. The third-order valence-corrected chi connectivity index (χ3v) is 3.08. The summed E-state index contributed by atoms with van der Waals surface area (Å²) >= 11 is 0. The standard InChI is InChI=1S/C12H24N2/c1-4-11(2)13-8-5-6-12-7-9-14(3)10-12/h12-13H,2,4-10H2,1,3H3. The van der Waals surface area contributed by atoms with Crippen LogP contribution in [-0.2, 0) is 0 Å². The van der Waals surface area contributed by atoms with E-state index in [4.69, 9.17) is 0 Å². The number of nitrogens with zero attached hydrogens (tertiary/aromatic N) is 1. The van der Waals surface area contributed by atoms with Gasteiger partial charge in [-0.25, -0.2) is 0 Å². The van der Waals surface area contributed by atoms with E-state index in [-0.39, 0.29) is 0 Å². The minimum atomic E-state index is 0.941. The smallest absolute Gasteiger partial charge is 0.0143 e. The Bertz CT molecular complexity index is 177. The van der Waals surface area contributed by atoms with Gasteiger partial charge in [-0.15, -0.1) is 0 Å². The fourth-order valence-electron chi connectivity index (χ4n) is 2.04. The fourth-order valence-corrected chi connectivity index (χ4v) is 2.04. The first kappa shape index (κ1) is 11.6. The van der Waals surface area contributed by atoms with Gasteiger partial charge in [-0.2, -0.15) is 0 Å². The van der Waals surface area contributed by atoms with Crippen LogP contribution in [0.3, 0.4) is 0 Å². The molecule has 0 aromatic carbocycles. The van der Waals surface area contributed by atoms with Crippen molar-refractivity contribution in [2.45, 2.75) is 32.6 Å². The van der Waals surface area contributed by atoms with Crippen LogP contribution >= 0.6 is 0 Å². The molecule has 0 amide bonds. The second-order valence-corrected chi connectivity index (χ2v) is 4.44. The van der Waals surface area contributed by atoms with Crippen LogP contribution in [-0.4, -0.2) is 31.6 Å². The van der Waals surface area contributed by atoms with Crippen molar-refractivity contribution >= 4 is 0 Å². The highest BCUT2D eigenvalue weighted by Crippen LogP contribution is 2.18. The summed E-state index contributed by atoms with van der Waals surface area (Å²) in [5.74, 6) is 0.941. The van der Waals surface area contributed by atoms with Crippen LogP contribution in [0.5, 0.6) is 0 Å². The van der Waals surface area contributed by atoms with E-state index in [0.29, 0.717) is 0 Å². The average Bonchev–Trinajstić information content (AvgIpc) is 2.58. The summed E-state index contributed by atoms with van der Waals surface area (Å²) in [4.78, 5) is 2.43. The van der Waals surface area contributed by atoms with E-state index in [1.54, 1.807) is 0 Å². The Hall–Kier alpha value is -0.500. The lowest BCUT2D eigenvalue weighted by atomic mass is 10.0. The molecule has 1 unspecified atom stereocenters. The maximum absolute atomic E-state index is 3.94. The minimum absolute atomic E-state index is 0.941. The maximum Gasteiger partial charge on any atom is 0.0143 e. The first-order chi connectivity index (χ1) is 6.72. The van der Waals surface area contributed by atoms with Gasteiger partial charge in [0.2, 0.25) is 0 Å². The molecule has 1 N–H and O–H groups in total. The SMILES string of the molecule is C=C(CC)NCCCC1CCN(C)C1. The first-order valence-electron chi connectivity index (χ1n) is 5.82. The maximum atomic E-state index is 3.94. The van der Waals surface area contributed by atoms with E-state index in [2.05, 4.69) is 30.8 Å². The van der Waals surface area contributed by atoms with Crippen LogP contribution in [0.25, 0.3) is 0 Å². The first-order valence-corrected chi connectivity index (χ1v) is 5.82. The van der Waals surface area contributed by atoms with Crippen molar-refractivity contribution in [1.29, 1.82) is 0 Å². The number of rotatable bonds is 6. The van der Waals surface area contributed by atoms with Crippen LogP contribution in [0.1, 0.15) is 32.6 Å². The van der Waals surface area contributed by atoms with Crippen molar-refractivity contribution in [3.05, 3.63) is 12.3 Å². The zero-order valence-electron chi connectivity index (χ0n) is 9.68. The molecule has 1 saturated heterocycles. The van der Waals surface area contributed by atoms with Gasteiger partial charge in [-0.05, 0) is 45.2 Å². The van der Waals surface area contributed by atoms with Gasteiger partial charge < -0.3 is 10.2 Å². The minimum Gasteiger partial charge on any atom is -0.389 e. The quantitative estimate of drug-likeness (QED) is 0.655. The van der Waals surface area contributed by atoms with E-state index in [9.17, 15) is 0 Å². The highest BCUT2D eigenvalue weighted by atomic mass is 15.1. The van der Waals surface area contributed by atoms with Crippen LogP contribution in [0, 0.1) is 5.92 Å². The van der Waals surface area contributed by atoms with Crippen LogP contribution < -0.4 is 5.32 Å². The Morgan fingerprint density at radius 3 is 2.93 bits per heavy atom. The molecule has 0 aromatic heterocycles. The predicted octanol–water partition coefficient (Wildman–Crippen LogP) is 2.23. The molecule has 1 aliphatic rings. The molecule has 1 rings (SSSR count). The van der Waals surface area contributed by atoms with Gasteiger partial charge >= 0.3 is 0 Å². The topological polar surface area (TPSA) is 15.3 Å². The van der Waals surface area contributed by atoms with Crippen LogP contribution in [0.4, 0.5) is 0 Å². The molecule has 2 nitrogen and oxygen atoms in total. The Kier molecular flexibility index (Phi) is 5.02. The largest absolute Gasteiger partial charge is 0.389 e. The molecule has 2 heteroatoms. The average molecular weight is 196 g/mol. The Balaban J connectivity index is 1.96. The molecule has 14 heavy (non-hydrogen) atoms. The molecule has 1 fully saturated rings. The molecule has 0 aliphatic carbocycles. The summed E-state index contributed by atoms with van der Waals surface area (Å²) in [6.45, 7) is 9.77. The number of nitrogens with one attached hydrogen (secondary N) is 1. The molecule has 0 aromatic rings. The van der Waals surface area contributed by atoms with Crippen molar-refractivity contribution in [3.63, 3.8) is 0 Å². The second kappa shape index (κ2) is 6.07.